The number of hydrogen-bond acceptors (Lipinski definition) is 2. The van der Waals surface area contributed by atoms with Crippen molar-refractivity contribution in [3.05, 3.63) is 69.6 Å². The zero-order chi connectivity index (χ0) is 17.3. The summed E-state index contributed by atoms with van der Waals surface area (Å²) >= 11 is 0. The van der Waals surface area contributed by atoms with E-state index < -0.39 is 0 Å². The van der Waals surface area contributed by atoms with Crippen LogP contribution in [0.2, 0.25) is 0 Å². The summed E-state index contributed by atoms with van der Waals surface area (Å²) in [5.74, 6) is -0.0665. The molecule has 0 radical (unpaired) electrons. The number of carbonyl (C=O) groups excluding carboxylic acids is 1. The Labute approximate surface area is 140 Å². The molecule has 1 heterocycles. The first-order valence-electron chi connectivity index (χ1n) is 7.96. The van der Waals surface area contributed by atoms with Gasteiger partial charge >= 0.3 is 5.69 Å². The third-order valence-electron chi connectivity index (χ3n) is 4.35. The Morgan fingerprint density at radius 3 is 2.38 bits per heavy atom. The van der Waals surface area contributed by atoms with Crippen LogP contribution in [0, 0.1) is 6.92 Å². The van der Waals surface area contributed by atoms with E-state index in [-0.39, 0.29) is 11.6 Å². The third-order valence-corrected chi connectivity index (χ3v) is 4.35. The lowest BCUT2D eigenvalue weighted by Gasteiger charge is -2.06. The largest absolute Gasteiger partial charge is 0.352 e. The molecule has 1 amide bonds. The van der Waals surface area contributed by atoms with Gasteiger partial charge in [0, 0.05) is 26.2 Å². The molecule has 0 fully saturated rings. The summed E-state index contributed by atoms with van der Waals surface area (Å²) < 4.78 is 3.28. The quantitative estimate of drug-likeness (QED) is 0.800. The molecule has 1 N–H and O–H groups in total. The van der Waals surface area contributed by atoms with Gasteiger partial charge in [-0.1, -0.05) is 23.8 Å². The first-order valence-corrected chi connectivity index (χ1v) is 7.96. The van der Waals surface area contributed by atoms with Crippen molar-refractivity contribution in [1.29, 1.82) is 0 Å². The second-order valence-corrected chi connectivity index (χ2v) is 6.10. The van der Waals surface area contributed by atoms with Crippen molar-refractivity contribution in [3.8, 4) is 0 Å². The number of imidazole rings is 1. The Hall–Kier alpha value is -2.82. The zero-order valence-electron chi connectivity index (χ0n) is 14.2. The van der Waals surface area contributed by atoms with Crippen molar-refractivity contribution in [2.75, 3.05) is 6.54 Å². The van der Waals surface area contributed by atoms with Crippen LogP contribution in [-0.2, 0) is 20.5 Å². The summed E-state index contributed by atoms with van der Waals surface area (Å²) in [6, 6.07) is 13.5. The molecule has 3 rings (SSSR count). The molecule has 0 aliphatic heterocycles. The van der Waals surface area contributed by atoms with Gasteiger partial charge < -0.3 is 5.32 Å². The molecule has 0 saturated heterocycles. The maximum Gasteiger partial charge on any atom is 0.328 e. The highest BCUT2D eigenvalue weighted by Gasteiger charge is 2.09. The van der Waals surface area contributed by atoms with Gasteiger partial charge in [-0.05, 0) is 43.2 Å². The van der Waals surface area contributed by atoms with Crippen LogP contribution in [-0.4, -0.2) is 21.6 Å². The number of nitrogens with one attached hydrogen (secondary N) is 1. The molecule has 2 aromatic carbocycles. The molecule has 5 heteroatoms. The van der Waals surface area contributed by atoms with Crippen LogP contribution in [0.25, 0.3) is 11.0 Å². The highest BCUT2D eigenvalue weighted by atomic mass is 16.2. The topological polar surface area (TPSA) is 56.0 Å². The Kier molecular flexibility index (Phi) is 4.25. The molecule has 3 aromatic rings. The lowest BCUT2D eigenvalue weighted by Crippen LogP contribution is -2.25. The number of nitrogens with zero attached hydrogens (tertiary/aromatic N) is 2. The summed E-state index contributed by atoms with van der Waals surface area (Å²) in [5.41, 5.74) is 4.68. The van der Waals surface area contributed by atoms with E-state index in [9.17, 15) is 9.59 Å². The Morgan fingerprint density at radius 1 is 1.00 bits per heavy atom. The summed E-state index contributed by atoms with van der Waals surface area (Å²) in [6.07, 6.45) is 0.719. The average Bonchev–Trinajstić information content (AvgIpc) is 2.80. The maximum atomic E-state index is 12.1. The van der Waals surface area contributed by atoms with Gasteiger partial charge in [-0.3, -0.25) is 13.9 Å². The minimum Gasteiger partial charge on any atom is -0.352 e. The molecule has 0 aliphatic carbocycles. The number of carbonyl (C=O) groups is 1. The Balaban J connectivity index is 1.67. The predicted molar refractivity (Wildman–Crippen MR) is 95.4 cm³/mol. The van der Waals surface area contributed by atoms with Crippen LogP contribution in [0.4, 0.5) is 0 Å². The molecule has 0 unspecified atom stereocenters. The van der Waals surface area contributed by atoms with E-state index in [4.69, 9.17) is 0 Å². The number of amides is 1. The van der Waals surface area contributed by atoms with Gasteiger partial charge in [0.05, 0.1) is 11.0 Å². The minimum absolute atomic E-state index is 0.0326. The van der Waals surface area contributed by atoms with Crippen LogP contribution >= 0.6 is 0 Å². The van der Waals surface area contributed by atoms with Crippen molar-refractivity contribution in [3.63, 3.8) is 0 Å². The highest BCUT2D eigenvalue weighted by molar-refractivity contribution is 5.94. The molecule has 1 aromatic heterocycles. The lowest BCUT2D eigenvalue weighted by atomic mass is 10.1. The van der Waals surface area contributed by atoms with E-state index in [2.05, 4.69) is 5.32 Å². The van der Waals surface area contributed by atoms with Crippen molar-refractivity contribution in [1.82, 2.24) is 14.5 Å². The molecule has 0 aliphatic rings. The first-order chi connectivity index (χ1) is 11.5. The normalized spacial score (nSPS) is 11.0. The SMILES string of the molecule is Cc1ccc(C(=O)NCCc2ccc3c(c2)n(C)c(=O)n3C)cc1. The first kappa shape index (κ1) is 16.1. The summed E-state index contributed by atoms with van der Waals surface area (Å²) in [5, 5.41) is 2.93. The molecule has 124 valence electrons. The number of benzene rings is 2. The van der Waals surface area contributed by atoms with Gasteiger partial charge in [0.25, 0.3) is 5.91 Å². The minimum atomic E-state index is -0.0665. The fourth-order valence-electron chi connectivity index (χ4n) is 2.84. The molecule has 24 heavy (non-hydrogen) atoms. The van der Waals surface area contributed by atoms with Gasteiger partial charge in [-0.15, -0.1) is 0 Å². The van der Waals surface area contributed by atoms with Crippen LogP contribution in [0.5, 0.6) is 0 Å². The zero-order valence-corrected chi connectivity index (χ0v) is 14.2. The van der Waals surface area contributed by atoms with E-state index >= 15 is 0 Å². The molecular weight excluding hydrogens is 302 g/mol. The Morgan fingerprint density at radius 2 is 1.67 bits per heavy atom. The summed E-state index contributed by atoms with van der Waals surface area (Å²) in [4.78, 5) is 24.1. The molecule has 0 atom stereocenters. The molecule has 0 saturated carbocycles. The van der Waals surface area contributed by atoms with E-state index in [1.165, 1.54) is 0 Å². The van der Waals surface area contributed by atoms with Crippen LogP contribution in [0.3, 0.4) is 0 Å². The third kappa shape index (κ3) is 2.97. The van der Waals surface area contributed by atoms with Crippen molar-refractivity contribution in [2.24, 2.45) is 14.1 Å². The molecule has 5 nitrogen and oxygen atoms in total. The standard InChI is InChI=1S/C19H21N3O2/c1-13-4-7-15(8-5-13)18(23)20-11-10-14-6-9-16-17(12-14)22(3)19(24)21(16)2/h4-9,12H,10-11H2,1-3H3,(H,20,23). The number of aryl methyl sites for hydroxylation is 3. The fourth-order valence-corrected chi connectivity index (χ4v) is 2.84. The van der Waals surface area contributed by atoms with E-state index in [1.54, 1.807) is 23.2 Å². The molecule has 0 bridgehead atoms. The van der Waals surface area contributed by atoms with Crippen molar-refractivity contribution >= 4 is 16.9 Å². The van der Waals surface area contributed by atoms with Crippen LogP contribution < -0.4 is 11.0 Å². The van der Waals surface area contributed by atoms with E-state index in [1.807, 2.05) is 49.4 Å². The maximum absolute atomic E-state index is 12.1. The van der Waals surface area contributed by atoms with Gasteiger partial charge in [-0.25, -0.2) is 4.79 Å². The number of aromatic nitrogens is 2. The second-order valence-electron chi connectivity index (χ2n) is 6.10. The Bertz CT molecular complexity index is 949. The highest BCUT2D eigenvalue weighted by Crippen LogP contribution is 2.14. The monoisotopic (exact) mass is 323 g/mol. The van der Waals surface area contributed by atoms with Crippen LogP contribution in [0.15, 0.2) is 47.3 Å². The van der Waals surface area contributed by atoms with Gasteiger partial charge in [-0.2, -0.15) is 0 Å². The van der Waals surface area contributed by atoms with Gasteiger partial charge in [0.1, 0.15) is 0 Å². The molecular formula is C19H21N3O2. The molecule has 0 spiro atoms. The number of hydrogen-bond donors (Lipinski definition) is 1. The van der Waals surface area contributed by atoms with Gasteiger partial charge in [0.15, 0.2) is 0 Å². The average molecular weight is 323 g/mol. The van der Waals surface area contributed by atoms with Crippen LogP contribution in [0.1, 0.15) is 21.5 Å². The van der Waals surface area contributed by atoms with E-state index in [0.717, 1.165) is 28.6 Å². The van der Waals surface area contributed by atoms with Gasteiger partial charge in [0.2, 0.25) is 0 Å². The lowest BCUT2D eigenvalue weighted by molar-refractivity contribution is 0.0954. The summed E-state index contributed by atoms with van der Waals surface area (Å²) in [7, 11) is 3.54. The fraction of sp³-hybridized carbons (Fsp3) is 0.263. The van der Waals surface area contributed by atoms with E-state index in [0.29, 0.717) is 12.1 Å². The summed E-state index contributed by atoms with van der Waals surface area (Å²) in [6.45, 7) is 2.55. The smallest absolute Gasteiger partial charge is 0.328 e. The van der Waals surface area contributed by atoms with Crippen molar-refractivity contribution < 1.29 is 4.79 Å². The second kappa shape index (κ2) is 6.35. The van der Waals surface area contributed by atoms with Crippen molar-refractivity contribution in [2.45, 2.75) is 13.3 Å². The predicted octanol–water partition coefficient (Wildman–Crippen LogP) is 2.16. The number of fused-ring (bicyclic) bond motifs is 1. The number of rotatable bonds is 4.